The van der Waals surface area contributed by atoms with Crippen molar-refractivity contribution in [2.45, 2.75) is 13.5 Å². The average molecular weight is 147 g/mol. The van der Waals surface area contributed by atoms with Crippen LogP contribution in [0.1, 0.15) is 16.7 Å². The molecule has 56 valence electrons. The molecule has 0 amide bonds. The highest BCUT2D eigenvalue weighted by Gasteiger charge is 1.98. The molecule has 1 aromatic carbocycles. The number of hydrogen-bond donors (Lipinski definition) is 1. The predicted octanol–water partition coefficient (Wildman–Crippen LogP) is 1.36. The summed E-state index contributed by atoms with van der Waals surface area (Å²) >= 11 is 0. The van der Waals surface area contributed by atoms with Gasteiger partial charge in [-0.3, -0.25) is 0 Å². The lowest BCUT2D eigenvalue weighted by atomic mass is 10.1. The van der Waals surface area contributed by atoms with Gasteiger partial charge >= 0.3 is 0 Å². The van der Waals surface area contributed by atoms with Crippen molar-refractivity contribution >= 4 is 0 Å². The van der Waals surface area contributed by atoms with Crippen molar-refractivity contribution in [3.8, 4) is 6.07 Å². The Balaban J connectivity index is 3.19. The van der Waals surface area contributed by atoms with E-state index in [1.54, 1.807) is 6.07 Å². The van der Waals surface area contributed by atoms with Crippen LogP contribution in [0.3, 0.4) is 0 Å². The zero-order chi connectivity index (χ0) is 8.27. The summed E-state index contributed by atoms with van der Waals surface area (Å²) in [5.74, 6) is 0. The topological polar surface area (TPSA) is 44.0 Å². The zero-order valence-electron chi connectivity index (χ0n) is 6.33. The van der Waals surface area contributed by atoms with Gasteiger partial charge in [0.25, 0.3) is 0 Å². The smallest absolute Gasteiger partial charge is 0.0995 e. The van der Waals surface area contributed by atoms with Crippen molar-refractivity contribution in [3.63, 3.8) is 0 Å². The van der Waals surface area contributed by atoms with Crippen LogP contribution in [-0.2, 0) is 6.61 Å². The fraction of sp³-hybridized carbons (Fsp3) is 0.222. The van der Waals surface area contributed by atoms with E-state index in [2.05, 4.69) is 0 Å². The van der Waals surface area contributed by atoms with Gasteiger partial charge in [-0.2, -0.15) is 5.26 Å². The molecule has 0 bridgehead atoms. The quantitative estimate of drug-likeness (QED) is 0.651. The van der Waals surface area contributed by atoms with Crippen molar-refractivity contribution in [2.24, 2.45) is 0 Å². The van der Waals surface area contributed by atoms with Crippen LogP contribution in [0.2, 0.25) is 0 Å². The molecule has 0 radical (unpaired) electrons. The van der Waals surface area contributed by atoms with Crippen LogP contribution in [0.4, 0.5) is 0 Å². The summed E-state index contributed by atoms with van der Waals surface area (Å²) in [5.41, 5.74) is 2.32. The number of aliphatic hydroxyl groups excluding tert-OH is 1. The number of hydrogen-bond acceptors (Lipinski definition) is 2. The van der Waals surface area contributed by atoms with Gasteiger partial charge in [0.15, 0.2) is 0 Å². The van der Waals surface area contributed by atoms with Crippen LogP contribution in [0, 0.1) is 18.3 Å². The molecule has 1 N–H and O–H groups in total. The number of aryl methyl sites for hydroxylation is 1. The average Bonchev–Trinajstić information content (AvgIpc) is 2.04. The first-order valence-electron chi connectivity index (χ1n) is 3.38. The summed E-state index contributed by atoms with van der Waals surface area (Å²) in [6, 6.07) is 7.41. The normalized spacial score (nSPS) is 9.18. The summed E-state index contributed by atoms with van der Waals surface area (Å²) in [6.07, 6.45) is 0. The SMILES string of the molecule is Cc1ccc(C#N)c(CO)c1. The van der Waals surface area contributed by atoms with E-state index < -0.39 is 0 Å². The molecule has 0 spiro atoms. The van der Waals surface area contributed by atoms with Gasteiger partial charge in [-0.25, -0.2) is 0 Å². The number of benzene rings is 1. The Morgan fingerprint density at radius 1 is 1.55 bits per heavy atom. The standard InChI is InChI=1S/C9H9NO/c1-7-2-3-8(5-10)9(4-7)6-11/h2-4,11H,6H2,1H3. The van der Waals surface area contributed by atoms with E-state index in [1.165, 1.54) is 0 Å². The minimum atomic E-state index is -0.0649. The summed E-state index contributed by atoms with van der Waals surface area (Å²) in [5, 5.41) is 17.4. The lowest BCUT2D eigenvalue weighted by Gasteiger charge is -1.99. The van der Waals surface area contributed by atoms with Gasteiger partial charge in [0.2, 0.25) is 0 Å². The van der Waals surface area contributed by atoms with Crippen LogP contribution in [-0.4, -0.2) is 5.11 Å². The fourth-order valence-corrected chi connectivity index (χ4v) is 0.962. The summed E-state index contributed by atoms with van der Waals surface area (Å²) in [7, 11) is 0. The van der Waals surface area contributed by atoms with Crippen molar-refractivity contribution in [2.75, 3.05) is 0 Å². The molecule has 0 aliphatic heterocycles. The Bertz CT molecular complexity index is 299. The predicted molar refractivity (Wildman–Crippen MR) is 41.8 cm³/mol. The van der Waals surface area contributed by atoms with Crippen molar-refractivity contribution in [1.29, 1.82) is 5.26 Å². The second-order valence-electron chi connectivity index (χ2n) is 2.43. The van der Waals surface area contributed by atoms with E-state index in [0.717, 1.165) is 5.56 Å². The highest BCUT2D eigenvalue weighted by atomic mass is 16.3. The third-order valence-electron chi connectivity index (χ3n) is 1.55. The zero-order valence-corrected chi connectivity index (χ0v) is 6.33. The number of nitriles is 1. The van der Waals surface area contributed by atoms with Crippen LogP contribution >= 0.6 is 0 Å². The van der Waals surface area contributed by atoms with Crippen molar-refractivity contribution in [1.82, 2.24) is 0 Å². The molecule has 0 unspecified atom stereocenters. The van der Waals surface area contributed by atoms with Gasteiger partial charge < -0.3 is 5.11 Å². The van der Waals surface area contributed by atoms with Crippen LogP contribution in [0.25, 0.3) is 0 Å². The lowest BCUT2D eigenvalue weighted by Crippen LogP contribution is -1.89. The van der Waals surface area contributed by atoms with Crippen LogP contribution in [0.5, 0.6) is 0 Å². The molecule has 0 saturated heterocycles. The second-order valence-corrected chi connectivity index (χ2v) is 2.43. The highest BCUT2D eigenvalue weighted by Crippen LogP contribution is 2.09. The summed E-state index contributed by atoms with van der Waals surface area (Å²) < 4.78 is 0. The minimum Gasteiger partial charge on any atom is -0.392 e. The molecule has 0 atom stereocenters. The van der Waals surface area contributed by atoms with E-state index in [4.69, 9.17) is 10.4 Å². The number of nitrogens with zero attached hydrogens (tertiary/aromatic N) is 1. The van der Waals surface area contributed by atoms with Gasteiger partial charge in [-0.1, -0.05) is 17.7 Å². The first kappa shape index (κ1) is 7.77. The number of aliphatic hydroxyl groups is 1. The molecule has 0 saturated carbocycles. The van der Waals surface area contributed by atoms with Gasteiger partial charge in [0.05, 0.1) is 18.2 Å². The number of rotatable bonds is 1. The van der Waals surface area contributed by atoms with Gasteiger partial charge in [0, 0.05) is 0 Å². The molecular weight excluding hydrogens is 138 g/mol. The van der Waals surface area contributed by atoms with Crippen LogP contribution < -0.4 is 0 Å². The van der Waals surface area contributed by atoms with Gasteiger partial charge in [-0.15, -0.1) is 0 Å². The Morgan fingerprint density at radius 2 is 2.27 bits per heavy atom. The largest absolute Gasteiger partial charge is 0.392 e. The van der Waals surface area contributed by atoms with E-state index in [-0.39, 0.29) is 6.61 Å². The van der Waals surface area contributed by atoms with Crippen molar-refractivity contribution < 1.29 is 5.11 Å². The van der Waals surface area contributed by atoms with Gasteiger partial charge in [-0.05, 0) is 18.6 Å². The molecule has 2 heteroatoms. The third-order valence-corrected chi connectivity index (χ3v) is 1.55. The van der Waals surface area contributed by atoms with Crippen molar-refractivity contribution in [3.05, 3.63) is 34.9 Å². The second kappa shape index (κ2) is 3.18. The molecule has 0 aliphatic carbocycles. The Labute approximate surface area is 65.7 Å². The first-order chi connectivity index (χ1) is 5.27. The monoisotopic (exact) mass is 147 g/mol. The molecule has 0 fully saturated rings. The van der Waals surface area contributed by atoms with E-state index in [9.17, 15) is 0 Å². The molecule has 1 aromatic rings. The maximum atomic E-state index is 8.82. The Hall–Kier alpha value is -1.33. The minimum absolute atomic E-state index is 0.0649. The summed E-state index contributed by atoms with van der Waals surface area (Å²) in [6.45, 7) is 1.87. The molecule has 0 aliphatic rings. The Morgan fingerprint density at radius 3 is 2.82 bits per heavy atom. The van der Waals surface area contributed by atoms with Crippen LogP contribution in [0.15, 0.2) is 18.2 Å². The summed E-state index contributed by atoms with van der Waals surface area (Å²) in [4.78, 5) is 0. The molecule has 0 heterocycles. The van der Waals surface area contributed by atoms with E-state index in [1.807, 2.05) is 25.1 Å². The maximum absolute atomic E-state index is 8.82. The lowest BCUT2D eigenvalue weighted by molar-refractivity contribution is 0.281. The highest BCUT2D eigenvalue weighted by molar-refractivity contribution is 5.39. The molecule has 1 rings (SSSR count). The fourth-order valence-electron chi connectivity index (χ4n) is 0.962. The Kier molecular flexibility index (Phi) is 2.25. The van der Waals surface area contributed by atoms with E-state index in [0.29, 0.717) is 11.1 Å². The first-order valence-corrected chi connectivity index (χ1v) is 3.38. The molecule has 11 heavy (non-hydrogen) atoms. The molecule has 2 nitrogen and oxygen atoms in total. The molecular formula is C9H9NO. The van der Waals surface area contributed by atoms with Gasteiger partial charge in [0.1, 0.15) is 0 Å². The third kappa shape index (κ3) is 1.57. The van der Waals surface area contributed by atoms with E-state index >= 15 is 0 Å². The maximum Gasteiger partial charge on any atom is 0.0995 e. The molecule has 0 aromatic heterocycles.